The number of hydrogen-bond donors (Lipinski definition) is 1. The van der Waals surface area contributed by atoms with Crippen LogP contribution in [-0.2, 0) is 0 Å². The molecular formula is C16H23ClN2O2. The molecule has 0 aliphatic carbocycles. The minimum absolute atomic E-state index is 0.0541. The predicted molar refractivity (Wildman–Crippen MR) is 85.6 cm³/mol. The molecule has 1 aromatic rings. The van der Waals surface area contributed by atoms with Gasteiger partial charge in [0.05, 0.1) is 0 Å². The lowest BCUT2D eigenvalue weighted by atomic mass is 9.86. The van der Waals surface area contributed by atoms with Crippen LogP contribution in [0, 0.1) is 0 Å². The van der Waals surface area contributed by atoms with Crippen LogP contribution in [-0.4, -0.2) is 33.3 Å². The Balaban J connectivity index is 2.48. The summed E-state index contributed by atoms with van der Waals surface area (Å²) >= 11 is 5.91. The van der Waals surface area contributed by atoms with Crippen LogP contribution in [0.1, 0.15) is 41.0 Å². The molecule has 0 saturated carbocycles. The van der Waals surface area contributed by atoms with Gasteiger partial charge in [0.15, 0.2) is 0 Å². The van der Waals surface area contributed by atoms with Crippen LogP contribution < -0.4 is 4.90 Å². The van der Waals surface area contributed by atoms with Crippen molar-refractivity contribution in [2.45, 2.75) is 58.3 Å². The number of amides is 2. The summed E-state index contributed by atoms with van der Waals surface area (Å²) in [6.07, 6.45) is 0.465. The van der Waals surface area contributed by atoms with Crippen LogP contribution in [0.15, 0.2) is 24.3 Å². The molecule has 4 nitrogen and oxygen atoms in total. The number of urea groups is 1. The Morgan fingerprint density at radius 2 is 1.71 bits per heavy atom. The highest BCUT2D eigenvalue weighted by atomic mass is 35.5. The summed E-state index contributed by atoms with van der Waals surface area (Å²) in [4.78, 5) is 16.2. The summed E-state index contributed by atoms with van der Waals surface area (Å²) in [7, 11) is 0. The van der Waals surface area contributed by atoms with Gasteiger partial charge in [-0.1, -0.05) is 11.6 Å². The summed E-state index contributed by atoms with van der Waals surface area (Å²) < 4.78 is 0. The third-order valence-corrected chi connectivity index (χ3v) is 4.15. The fraction of sp³-hybridized carbons (Fsp3) is 0.562. The molecule has 0 bridgehead atoms. The Kier molecular flexibility index (Phi) is 3.98. The number of halogens is 1. The van der Waals surface area contributed by atoms with Gasteiger partial charge in [-0.2, -0.15) is 0 Å². The predicted octanol–water partition coefficient (Wildman–Crippen LogP) is 3.87. The highest BCUT2D eigenvalue weighted by molar-refractivity contribution is 6.30. The number of carbonyl (C=O) groups is 1. The second-order valence-corrected chi connectivity index (χ2v) is 7.20. The molecular weight excluding hydrogens is 288 g/mol. The topological polar surface area (TPSA) is 43.8 Å². The van der Waals surface area contributed by atoms with E-state index in [9.17, 15) is 9.90 Å². The normalized spacial score (nSPS) is 25.6. The zero-order valence-electron chi connectivity index (χ0n) is 13.2. The van der Waals surface area contributed by atoms with Gasteiger partial charge in [-0.15, -0.1) is 0 Å². The third kappa shape index (κ3) is 2.87. The maximum atomic E-state index is 12.9. The molecule has 1 aromatic carbocycles. The minimum atomic E-state index is -1.24. The number of carbonyl (C=O) groups excluding carboxylic acids is 1. The van der Waals surface area contributed by atoms with Crippen molar-refractivity contribution in [1.29, 1.82) is 0 Å². The van der Waals surface area contributed by atoms with E-state index in [0.717, 1.165) is 0 Å². The van der Waals surface area contributed by atoms with Gasteiger partial charge in [-0.3, -0.25) is 4.90 Å². The molecule has 1 atom stereocenters. The summed E-state index contributed by atoms with van der Waals surface area (Å²) in [5.74, 6) is 0. The maximum absolute atomic E-state index is 12.9. The monoisotopic (exact) mass is 310 g/mol. The zero-order chi connectivity index (χ0) is 16.0. The maximum Gasteiger partial charge on any atom is 0.327 e. The van der Waals surface area contributed by atoms with E-state index in [2.05, 4.69) is 0 Å². The standard InChI is InChI=1S/C16H23ClN2O2/c1-11(2)18-14(20)19(13-8-6-12(17)7-9-13)16(5,21)10-15(18,3)4/h6-9,11,21H,10H2,1-5H3/t16-/m0/s1. The van der Waals surface area contributed by atoms with Crippen molar-refractivity contribution in [1.82, 2.24) is 4.90 Å². The molecule has 1 heterocycles. The van der Waals surface area contributed by atoms with Crippen molar-refractivity contribution in [2.24, 2.45) is 0 Å². The molecule has 5 heteroatoms. The molecule has 0 radical (unpaired) electrons. The average Bonchev–Trinajstić information content (AvgIpc) is 2.27. The summed E-state index contributed by atoms with van der Waals surface area (Å²) in [6, 6.07) is 6.82. The van der Waals surface area contributed by atoms with Crippen molar-refractivity contribution >= 4 is 23.3 Å². The molecule has 21 heavy (non-hydrogen) atoms. The zero-order valence-corrected chi connectivity index (χ0v) is 14.0. The van der Waals surface area contributed by atoms with Gasteiger partial charge in [-0.25, -0.2) is 4.79 Å². The van der Waals surface area contributed by atoms with Gasteiger partial charge in [0.25, 0.3) is 0 Å². The van der Waals surface area contributed by atoms with E-state index >= 15 is 0 Å². The van der Waals surface area contributed by atoms with E-state index in [1.54, 1.807) is 31.2 Å². The van der Waals surface area contributed by atoms with Crippen molar-refractivity contribution in [3.8, 4) is 0 Å². The first kappa shape index (κ1) is 16.1. The molecule has 1 saturated heterocycles. The molecule has 1 N–H and O–H groups in total. The fourth-order valence-electron chi connectivity index (χ4n) is 3.46. The lowest BCUT2D eigenvalue weighted by Crippen LogP contribution is -2.69. The Morgan fingerprint density at radius 1 is 1.19 bits per heavy atom. The summed E-state index contributed by atoms with van der Waals surface area (Å²) in [5, 5.41) is 11.4. The smallest absolute Gasteiger partial charge is 0.327 e. The second kappa shape index (κ2) is 5.18. The van der Waals surface area contributed by atoms with E-state index < -0.39 is 11.3 Å². The number of aliphatic hydroxyl groups is 1. The van der Waals surface area contributed by atoms with Crippen LogP contribution in [0.5, 0.6) is 0 Å². The Labute approximate surface area is 131 Å². The van der Waals surface area contributed by atoms with Crippen LogP contribution in [0.4, 0.5) is 10.5 Å². The van der Waals surface area contributed by atoms with Crippen molar-refractivity contribution in [2.75, 3.05) is 4.90 Å². The summed E-state index contributed by atoms with van der Waals surface area (Å²) in [5.41, 5.74) is -0.993. The van der Waals surface area contributed by atoms with Gasteiger partial charge >= 0.3 is 6.03 Å². The molecule has 116 valence electrons. The minimum Gasteiger partial charge on any atom is -0.371 e. The van der Waals surface area contributed by atoms with E-state index in [1.165, 1.54) is 4.90 Å². The van der Waals surface area contributed by atoms with Gasteiger partial charge < -0.3 is 10.0 Å². The SMILES string of the molecule is CC(C)N1C(=O)N(c2ccc(Cl)cc2)[C@@](C)(O)CC1(C)C. The van der Waals surface area contributed by atoms with Crippen molar-refractivity contribution in [3.05, 3.63) is 29.3 Å². The van der Waals surface area contributed by atoms with Gasteiger partial charge in [-0.05, 0) is 58.9 Å². The largest absolute Gasteiger partial charge is 0.371 e. The number of nitrogens with zero attached hydrogens (tertiary/aromatic N) is 2. The number of benzene rings is 1. The van der Waals surface area contributed by atoms with Crippen LogP contribution in [0.3, 0.4) is 0 Å². The molecule has 1 aliphatic heterocycles. The van der Waals surface area contributed by atoms with E-state index in [1.807, 2.05) is 32.6 Å². The Hall–Kier alpha value is -1.26. The lowest BCUT2D eigenvalue weighted by Gasteiger charge is -2.55. The van der Waals surface area contributed by atoms with E-state index in [-0.39, 0.29) is 12.1 Å². The average molecular weight is 311 g/mol. The highest BCUT2D eigenvalue weighted by Gasteiger charge is 2.51. The number of rotatable bonds is 2. The molecule has 1 fully saturated rings. The molecule has 0 unspecified atom stereocenters. The highest BCUT2D eigenvalue weighted by Crippen LogP contribution is 2.39. The van der Waals surface area contributed by atoms with Crippen LogP contribution >= 0.6 is 11.6 Å². The fourth-order valence-corrected chi connectivity index (χ4v) is 3.58. The molecule has 1 aliphatic rings. The Bertz CT molecular complexity index is 538. The molecule has 0 aromatic heterocycles. The van der Waals surface area contributed by atoms with Gasteiger partial charge in [0.1, 0.15) is 5.72 Å². The first-order chi connectivity index (χ1) is 9.56. The molecule has 2 amide bonds. The summed E-state index contributed by atoms with van der Waals surface area (Å²) in [6.45, 7) is 9.62. The van der Waals surface area contributed by atoms with Gasteiger partial charge in [0.2, 0.25) is 0 Å². The molecule has 0 spiro atoms. The van der Waals surface area contributed by atoms with Crippen LogP contribution in [0.2, 0.25) is 5.02 Å². The number of hydrogen-bond acceptors (Lipinski definition) is 2. The Morgan fingerprint density at radius 3 is 2.19 bits per heavy atom. The van der Waals surface area contributed by atoms with E-state index in [4.69, 9.17) is 11.6 Å². The third-order valence-electron chi connectivity index (χ3n) is 3.90. The van der Waals surface area contributed by atoms with Crippen molar-refractivity contribution < 1.29 is 9.90 Å². The van der Waals surface area contributed by atoms with Crippen molar-refractivity contribution in [3.63, 3.8) is 0 Å². The number of anilines is 1. The molecule has 2 rings (SSSR count). The second-order valence-electron chi connectivity index (χ2n) is 6.76. The van der Waals surface area contributed by atoms with Crippen LogP contribution in [0.25, 0.3) is 0 Å². The van der Waals surface area contributed by atoms with Gasteiger partial charge in [0, 0.05) is 28.7 Å². The lowest BCUT2D eigenvalue weighted by molar-refractivity contribution is -0.0334. The first-order valence-corrected chi connectivity index (χ1v) is 7.55. The quantitative estimate of drug-likeness (QED) is 0.901. The van der Waals surface area contributed by atoms with E-state index in [0.29, 0.717) is 17.1 Å². The first-order valence-electron chi connectivity index (χ1n) is 7.18.